The van der Waals surface area contributed by atoms with Crippen molar-refractivity contribution >= 4 is 12.1 Å². The number of carbonyl (C=O) groups is 1. The van der Waals surface area contributed by atoms with E-state index in [0.717, 1.165) is 36.1 Å². The number of carbonyl (C=O) groups excluding carboxylic acids is 1. The quantitative estimate of drug-likeness (QED) is 0.577. The molecular formula is C23H31NO2. The van der Waals surface area contributed by atoms with Gasteiger partial charge in [0.1, 0.15) is 5.75 Å². The number of hydrogen-bond acceptors (Lipinski definition) is 2. The van der Waals surface area contributed by atoms with E-state index < -0.39 is 0 Å². The SMILES string of the molecule is CC=C1CCC2C3CCc4cc(NC=O)c(OCC)cc4C3CC[C@]12C. The maximum Gasteiger partial charge on any atom is 0.211 e. The van der Waals surface area contributed by atoms with Crippen LogP contribution < -0.4 is 10.1 Å². The highest BCUT2D eigenvalue weighted by Gasteiger charge is 2.52. The predicted molar refractivity (Wildman–Crippen MR) is 106 cm³/mol. The summed E-state index contributed by atoms with van der Waals surface area (Å²) in [6, 6.07) is 4.39. The molecule has 140 valence electrons. The van der Waals surface area contributed by atoms with Crippen molar-refractivity contribution in [2.24, 2.45) is 17.3 Å². The maximum atomic E-state index is 11.0. The largest absolute Gasteiger partial charge is 0.492 e. The first-order valence-corrected chi connectivity index (χ1v) is 10.3. The molecule has 1 amide bonds. The minimum Gasteiger partial charge on any atom is -0.492 e. The van der Waals surface area contributed by atoms with Crippen molar-refractivity contribution < 1.29 is 9.53 Å². The van der Waals surface area contributed by atoms with Gasteiger partial charge in [0.05, 0.1) is 12.3 Å². The maximum absolute atomic E-state index is 11.0. The molecule has 1 aromatic carbocycles. The zero-order chi connectivity index (χ0) is 18.3. The van der Waals surface area contributed by atoms with Crippen molar-refractivity contribution in [2.45, 2.75) is 65.2 Å². The van der Waals surface area contributed by atoms with Crippen molar-refractivity contribution in [1.29, 1.82) is 0 Å². The van der Waals surface area contributed by atoms with Crippen LogP contribution in [-0.4, -0.2) is 13.0 Å². The van der Waals surface area contributed by atoms with Crippen molar-refractivity contribution in [3.8, 4) is 5.75 Å². The van der Waals surface area contributed by atoms with Crippen molar-refractivity contribution in [3.63, 3.8) is 0 Å². The summed E-state index contributed by atoms with van der Waals surface area (Å²) in [6.45, 7) is 7.36. The Morgan fingerprint density at radius 1 is 1.27 bits per heavy atom. The van der Waals surface area contributed by atoms with Crippen LogP contribution in [0.15, 0.2) is 23.8 Å². The highest BCUT2D eigenvalue weighted by atomic mass is 16.5. The lowest BCUT2D eigenvalue weighted by Gasteiger charge is -2.49. The van der Waals surface area contributed by atoms with Gasteiger partial charge in [-0.2, -0.15) is 0 Å². The molecule has 4 rings (SSSR count). The topological polar surface area (TPSA) is 38.3 Å². The van der Waals surface area contributed by atoms with Gasteiger partial charge in [-0.15, -0.1) is 0 Å². The number of ether oxygens (including phenoxy) is 1. The molecule has 1 aromatic rings. The first kappa shape index (κ1) is 17.6. The van der Waals surface area contributed by atoms with Gasteiger partial charge in [0.2, 0.25) is 6.41 Å². The summed E-state index contributed by atoms with van der Waals surface area (Å²) in [6.07, 6.45) is 10.8. The van der Waals surface area contributed by atoms with Gasteiger partial charge >= 0.3 is 0 Å². The van der Waals surface area contributed by atoms with Crippen molar-refractivity contribution in [1.82, 2.24) is 0 Å². The molecule has 26 heavy (non-hydrogen) atoms. The molecule has 0 radical (unpaired) electrons. The molecule has 2 saturated carbocycles. The average Bonchev–Trinajstić information content (AvgIpc) is 2.99. The number of anilines is 1. The van der Waals surface area contributed by atoms with Crippen molar-refractivity contribution in [3.05, 3.63) is 34.9 Å². The minimum absolute atomic E-state index is 0.426. The molecule has 0 bridgehead atoms. The fourth-order valence-corrected chi connectivity index (χ4v) is 6.37. The third-order valence-corrected chi connectivity index (χ3v) is 7.54. The zero-order valence-corrected chi connectivity index (χ0v) is 16.3. The van der Waals surface area contributed by atoms with E-state index in [4.69, 9.17) is 4.74 Å². The molecule has 3 heteroatoms. The van der Waals surface area contributed by atoms with Crippen LogP contribution in [0, 0.1) is 17.3 Å². The van der Waals surface area contributed by atoms with Crippen LogP contribution in [0.2, 0.25) is 0 Å². The molecule has 0 saturated heterocycles. The Kier molecular flexibility index (Phi) is 4.58. The fraction of sp³-hybridized carbons (Fsp3) is 0.609. The molecule has 3 unspecified atom stereocenters. The lowest BCUT2D eigenvalue weighted by atomic mass is 9.55. The van der Waals surface area contributed by atoms with Crippen LogP contribution in [-0.2, 0) is 11.2 Å². The van der Waals surface area contributed by atoms with Gasteiger partial charge < -0.3 is 10.1 Å². The number of hydrogen-bond donors (Lipinski definition) is 1. The molecule has 0 aromatic heterocycles. The number of benzene rings is 1. The molecule has 3 aliphatic carbocycles. The number of rotatable bonds is 4. The number of fused-ring (bicyclic) bond motifs is 5. The monoisotopic (exact) mass is 353 g/mol. The lowest BCUT2D eigenvalue weighted by Crippen LogP contribution is -2.40. The molecule has 3 nitrogen and oxygen atoms in total. The van der Waals surface area contributed by atoms with Gasteiger partial charge in [0.15, 0.2) is 0 Å². The first-order valence-electron chi connectivity index (χ1n) is 10.3. The first-order chi connectivity index (χ1) is 12.6. The number of amides is 1. The Labute approximate surface area is 157 Å². The van der Waals surface area contributed by atoms with Gasteiger partial charge in [-0.1, -0.05) is 18.6 Å². The second-order valence-corrected chi connectivity index (χ2v) is 8.47. The summed E-state index contributed by atoms with van der Waals surface area (Å²) >= 11 is 0. The molecular weight excluding hydrogens is 322 g/mol. The van der Waals surface area contributed by atoms with Gasteiger partial charge in [0.25, 0.3) is 0 Å². The van der Waals surface area contributed by atoms with E-state index in [1.54, 1.807) is 5.57 Å². The molecule has 4 atom stereocenters. The standard InChI is InChI=1S/C23H31NO2/c1-4-16-7-9-20-18-8-6-15-12-21(24-14-25)22(26-5-2)13-19(15)17(18)10-11-23(16,20)3/h4,12-14,17-18,20H,5-11H2,1-3H3,(H,24,25)/t17?,18?,20?,23-/m1/s1. The number of aryl methyl sites for hydroxylation is 1. The Morgan fingerprint density at radius 3 is 2.85 bits per heavy atom. The average molecular weight is 354 g/mol. The summed E-state index contributed by atoms with van der Waals surface area (Å²) in [5.41, 5.74) is 5.84. The van der Waals surface area contributed by atoms with E-state index in [2.05, 4.69) is 37.4 Å². The molecule has 0 aliphatic heterocycles. The fourth-order valence-electron chi connectivity index (χ4n) is 6.37. The van der Waals surface area contributed by atoms with Crippen LogP contribution in [0.5, 0.6) is 5.75 Å². The van der Waals surface area contributed by atoms with Gasteiger partial charge in [0, 0.05) is 0 Å². The van der Waals surface area contributed by atoms with Gasteiger partial charge in [-0.3, -0.25) is 4.79 Å². The lowest BCUT2D eigenvalue weighted by molar-refractivity contribution is -0.105. The van der Waals surface area contributed by atoms with E-state index >= 15 is 0 Å². The van der Waals surface area contributed by atoms with Gasteiger partial charge in [-0.05, 0) is 98.8 Å². The minimum atomic E-state index is 0.426. The Morgan fingerprint density at radius 2 is 2.12 bits per heavy atom. The van der Waals surface area contributed by atoms with Crippen molar-refractivity contribution in [2.75, 3.05) is 11.9 Å². The Hall–Kier alpha value is -1.77. The van der Waals surface area contributed by atoms with Gasteiger partial charge in [-0.25, -0.2) is 0 Å². The number of nitrogens with one attached hydrogen (secondary N) is 1. The third kappa shape index (κ3) is 2.59. The third-order valence-electron chi connectivity index (χ3n) is 7.54. The van der Waals surface area contributed by atoms with Crippen LogP contribution in [0.25, 0.3) is 0 Å². The number of allylic oxidation sites excluding steroid dienone is 2. The van der Waals surface area contributed by atoms with Crippen LogP contribution in [0.3, 0.4) is 0 Å². The second-order valence-electron chi connectivity index (χ2n) is 8.47. The van der Waals surface area contributed by atoms with E-state index in [-0.39, 0.29) is 0 Å². The normalized spacial score (nSPS) is 34.0. The summed E-state index contributed by atoms with van der Waals surface area (Å²) < 4.78 is 5.85. The van der Waals surface area contributed by atoms with Crippen LogP contribution >= 0.6 is 0 Å². The summed E-state index contributed by atoms with van der Waals surface area (Å²) in [5, 5.41) is 2.83. The molecule has 2 fully saturated rings. The molecule has 1 N–H and O–H groups in total. The van der Waals surface area contributed by atoms with Crippen LogP contribution in [0.1, 0.15) is 69.9 Å². The highest BCUT2D eigenvalue weighted by Crippen LogP contribution is 2.63. The smallest absolute Gasteiger partial charge is 0.211 e. The summed E-state index contributed by atoms with van der Waals surface area (Å²) in [7, 11) is 0. The molecule has 0 spiro atoms. The second kappa shape index (κ2) is 6.75. The Bertz CT molecular complexity index is 738. The predicted octanol–water partition coefficient (Wildman–Crippen LogP) is 5.46. The summed E-state index contributed by atoms with van der Waals surface area (Å²) in [4.78, 5) is 11.0. The molecule has 3 aliphatic rings. The van der Waals surface area contributed by atoms with E-state index in [9.17, 15) is 4.79 Å². The zero-order valence-electron chi connectivity index (χ0n) is 16.3. The van der Waals surface area contributed by atoms with E-state index in [1.807, 2.05) is 6.92 Å². The molecule has 0 heterocycles. The summed E-state index contributed by atoms with van der Waals surface area (Å²) in [5.74, 6) is 3.09. The van der Waals surface area contributed by atoms with E-state index in [1.165, 1.54) is 43.2 Å². The van der Waals surface area contributed by atoms with Crippen LogP contribution in [0.4, 0.5) is 5.69 Å². The highest BCUT2D eigenvalue weighted by molar-refractivity contribution is 5.76. The Balaban J connectivity index is 1.70. The van der Waals surface area contributed by atoms with E-state index in [0.29, 0.717) is 17.9 Å².